The Balaban J connectivity index is 1.51. The molecule has 6 nitrogen and oxygen atoms in total. The fourth-order valence-corrected chi connectivity index (χ4v) is 6.31. The molecule has 0 N–H and O–H groups in total. The highest BCUT2D eigenvalue weighted by Crippen LogP contribution is 2.34. The van der Waals surface area contributed by atoms with Crippen LogP contribution in [0.25, 0.3) is 10.2 Å². The second kappa shape index (κ2) is 8.56. The molecule has 2 aromatic carbocycles. The second-order valence-electron chi connectivity index (χ2n) is 6.98. The van der Waals surface area contributed by atoms with Crippen molar-refractivity contribution in [1.29, 1.82) is 0 Å². The van der Waals surface area contributed by atoms with Crippen LogP contribution in [0.2, 0.25) is 0 Å². The summed E-state index contributed by atoms with van der Waals surface area (Å²) < 4.78 is 26.0. The minimum Gasteiger partial charge on any atom is -0.345 e. The summed E-state index contributed by atoms with van der Waals surface area (Å²) in [4.78, 5) is 23.1. The number of nitrogens with zero attached hydrogens (tertiary/aromatic N) is 3. The topological polar surface area (TPSA) is 70.6 Å². The van der Waals surface area contributed by atoms with Crippen molar-refractivity contribution in [3.63, 3.8) is 0 Å². The lowest BCUT2D eigenvalue weighted by atomic mass is 10.2. The van der Waals surface area contributed by atoms with Gasteiger partial charge in [-0.25, -0.2) is 13.4 Å². The van der Waals surface area contributed by atoms with Crippen molar-refractivity contribution in [2.75, 3.05) is 43.1 Å². The first-order valence-electron chi connectivity index (χ1n) is 9.74. The number of thioether (sulfide) groups is 1. The first-order chi connectivity index (χ1) is 14.4. The monoisotopic (exact) mass is 461 g/mol. The van der Waals surface area contributed by atoms with E-state index in [9.17, 15) is 13.2 Å². The number of benzene rings is 2. The molecule has 1 amide bonds. The maximum Gasteiger partial charge on any atom is 0.255 e. The lowest BCUT2D eigenvalue weighted by molar-refractivity contribution is 0.0743. The smallest absolute Gasteiger partial charge is 0.255 e. The molecule has 158 valence electrons. The van der Waals surface area contributed by atoms with Gasteiger partial charge in [0.05, 0.1) is 26.4 Å². The van der Waals surface area contributed by atoms with Crippen LogP contribution >= 0.6 is 23.1 Å². The van der Waals surface area contributed by atoms with E-state index in [4.69, 9.17) is 4.98 Å². The summed E-state index contributed by atoms with van der Waals surface area (Å²) in [5.41, 5.74) is 1.29. The molecule has 0 unspecified atom stereocenters. The van der Waals surface area contributed by atoms with Gasteiger partial charge in [-0.15, -0.1) is 11.8 Å². The van der Waals surface area contributed by atoms with Crippen LogP contribution in [0, 0.1) is 0 Å². The minimum absolute atomic E-state index is 0.0271. The van der Waals surface area contributed by atoms with Crippen molar-refractivity contribution in [1.82, 2.24) is 9.88 Å². The molecule has 0 bridgehead atoms. The number of anilines is 1. The third-order valence-corrected chi connectivity index (χ3v) is 8.90. The van der Waals surface area contributed by atoms with E-state index in [-0.39, 0.29) is 22.1 Å². The number of fused-ring (bicyclic) bond motifs is 1. The highest BCUT2D eigenvalue weighted by atomic mass is 32.2. The number of hydrogen-bond acceptors (Lipinski definition) is 7. The normalized spacial score (nSPS) is 15.0. The van der Waals surface area contributed by atoms with E-state index >= 15 is 0 Å². The number of sulfone groups is 1. The minimum atomic E-state index is -3.46. The average Bonchev–Trinajstić information content (AvgIpc) is 3.23. The van der Waals surface area contributed by atoms with Gasteiger partial charge in [0.15, 0.2) is 15.0 Å². The zero-order valence-corrected chi connectivity index (χ0v) is 19.3. The largest absolute Gasteiger partial charge is 0.345 e. The Hall–Kier alpha value is -2.10. The molecule has 2 heterocycles. The fourth-order valence-electron chi connectivity index (χ4n) is 3.55. The summed E-state index contributed by atoms with van der Waals surface area (Å²) in [7, 11) is -3.46. The van der Waals surface area contributed by atoms with Gasteiger partial charge in [0.1, 0.15) is 0 Å². The average molecular weight is 462 g/mol. The summed E-state index contributed by atoms with van der Waals surface area (Å²) in [6, 6.07) is 12.7. The molecule has 9 heteroatoms. The summed E-state index contributed by atoms with van der Waals surface area (Å²) in [6.45, 7) is 4.00. The quantitative estimate of drug-likeness (QED) is 0.539. The molecule has 4 rings (SSSR count). The van der Waals surface area contributed by atoms with Gasteiger partial charge in [-0.05, 0) is 30.5 Å². The summed E-state index contributed by atoms with van der Waals surface area (Å²) in [5.74, 6) is -0.253. The molecule has 0 radical (unpaired) electrons. The van der Waals surface area contributed by atoms with Crippen molar-refractivity contribution in [3.8, 4) is 0 Å². The number of aromatic nitrogens is 1. The maximum absolute atomic E-state index is 13.1. The SMILES string of the molecule is CCS(=O)(=O)c1ccccc1C(=O)N1CCN(c2nc3c(SC)cccc3s2)CC1. The highest BCUT2D eigenvalue weighted by molar-refractivity contribution is 7.98. The van der Waals surface area contributed by atoms with E-state index in [1.54, 1.807) is 53.1 Å². The summed E-state index contributed by atoms with van der Waals surface area (Å²) in [6.07, 6.45) is 2.05. The van der Waals surface area contributed by atoms with Crippen LogP contribution in [-0.2, 0) is 9.84 Å². The zero-order chi connectivity index (χ0) is 21.3. The fraction of sp³-hybridized carbons (Fsp3) is 0.333. The molecular weight excluding hydrogens is 438 g/mol. The Labute approximate surface area is 184 Å². The van der Waals surface area contributed by atoms with Crippen molar-refractivity contribution >= 4 is 54.2 Å². The number of carbonyl (C=O) groups excluding carboxylic acids is 1. The van der Waals surface area contributed by atoms with Crippen molar-refractivity contribution in [2.45, 2.75) is 16.7 Å². The van der Waals surface area contributed by atoms with Gasteiger partial charge in [0, 0.05) is 31.1 Å². The third kappa shape index (κ3) is 3.93. The Morgan fingerprint density at radius 2 is 1.83 bits per heavy atom. The maximum atomic E-state index is 13.1. The molecule has 30 heavy (non-hydrogen) atoms. The van der Waals surface area contributed by atoms with Crippen molar-refractivity contribution in [3.05, 3.63) is 48.0 Å². The molecular formula is C21H23N3O3S3. The first kappa shape index (κ1) is 21.1. The molecule has 0 atom stereocenters. The third-order valence-electron chi connectivity index (χ3n) is 5.26. The Morgan fingerprint density at radius 1 is 1.10 bits per heavy atom. The number of piperazine rings is 1. The lowest BCUT2D eigenvalue weighted by Crippen LogP contribution is -2.49. The van der Waals surface area contributed by atoms with Gasteiger partial charge in [-0.1, -0.05) is 36.5 Å². The van der Waals surface area contributed by atoms with E-state index in [1.165, 1.54) is 6.07 Å². The number of para-hydroxylation sites is 1. The molecule has 0 spiro atoms. The number of thiazole rings is 1. The molecule has 1 fully saturated rings. The van der Waals surface area contributed by atoms with Crippen LogP contribution in [0.4, 0.5) is 5.13 Å². The Kier molecular flexibility index (Phi) is 6.04. The van der Waals surface area contributed by atoms with Crippen LogP contribution < -0.4 is 4.90 Å². The van der Waals surface area contributed by atoms with Crippen LogP contribution in [0.5, 0.6) is 0 Å². The van der Waals surface area contributed by atoms with Gasteiger partial charge in [-0.3, -0.25) is 4.79 Å². The molecule has 1 aliphatic heterocycles. The van der Waals surface area contributed by atoms with E-state index in [0.717, 1.165) is 20.2 Å². The predicted molar refractivity (Wildman–Crippen MR) is 124 cm³/mol. The number of amides is 1. The second-order valence-corrected chi connectivity index (χ2v) is 11.1. The molecule has 1 saturated heterocycles. The molecule has 1 aliphatic rings. The van der Waals surface area contributed by atoms with Crippen molar-refractivity contribution < 1.29 is 13.2 Å². The van der Waals surface area contributed by atoms with Crippen molar-refractivity contribution in [2.24, 2.45) is 0 Å². The van der Waals surface area contributed by atoms with Crippen LogP contribution in [0.1, 0.15) is 17.3 Å². The van der Waals surface area contributed by atoms with Gasteiger partial charge in [0.2, 0.25) is 0 Å². The predicted octanol–water partition coefficient (Wildman–Crippen LogP) is 3.77. The van der Waals surface area contributed by atoms with Crippen LogP contribution in [0.3, 0.4) is 0 Å². The molecule has 0 saturated carbocycles. The number of carbonyl (C=O) groups is 1. The van der Waals surface area contributed by atoms with Crippen LogP contribution in [0.15, 0.2) is 52.3 Å². The van der Waals surface area contributed by atoms with Crippen LogP contribution in [-0.4, -0.2) is 62.4 Å². The van der Waals surface area contributed by atoms with Gasteiger partial charge < -0.3 is 9.80 Å². The zero-order valence-electron chi connectivity index (χ0n) is 16.9. The van der Waals surface area contributed by atoms with Gasteiger partial charge in [0.25, 0.3) is 5.91 Å². The highest BCUT2D eigenvalue weighted by Gasteiger charge is 2.28. The molecule has 1 aromatic heterocycles. The summed E-state index contributed by atoms with van der Waals surface area (Å²) >= 11 is 3.36. The van der Waals surface area contributed by atoms with Gasteiger partial charge in [-0.2, -0.15) is 0 Å². The van der Waals surface area contributed by atoms with E-state index in [2.05, 4.69) is 29.4 Å². The van der Waals surface area contributed by atoms with E-state index in [1.807, 2.05) is 0 Å². The lowest BCUT2D eigenvalue weighted by Gasteiger charge is -2.34. The van der Waals surface area contributed by atoms with E-state index in [0.29, 0.717) is 26.2 Å². The first-order valence-corrected chi connectivity index (χ1v) is 13.4. The number of hydrogen-bond donors (Lipinski definition) is 0. The Bertz CT molecular complexity index is 1180. The summed E-state index contributed by atoms with van der Waals surface area (Å²) in [5, 5.41) is 0.965. The van der Waals surface area contributed by atoms with Gasteiger partial charge >= 0.3 is 0 Å². The Morgan fingerprint density at radius 3 is 2.53 bits per heavy atom. The molecule has 3 aromatic rings. The standard InChI is InChI=1S/C21H23N3O3S3/c1-3-30(26,27)18-10-5-4-7-15(18)20(25)23-11-13-24(14-12-23)21-22-19-16(28-2)8-6-9-17(19)29-21/h4-10H,3,11-14H2,1-2H3. The molecule has 0 aliphatic carbocycles. The number of rotatable bonds is 5. The van der Waals surface area contributed by atoms with E-state index < -0.39 is 9.84 Å².